The van der Waals surface area contributed by atoms with E-state index in [2.05, 4.69) is 36.1 Å². The van der Waals surface area contributed by atoms with Crippen molar-refractivity contribution in [3.05, 3.63) is 35.4 Å². The molecule has 1 aromatic carbocycles. The molecule has 1 saturated carbocycles. The zero-order valence-electron chi connectivity index (χ0n) is 9.25. The second kappa shape index (κ2) is 5.00. The van der Waals surface area contributed by atoms with Crippen LogP contribution in [0.15, 0.2) is 24.3 Å². The van der Waals surface area contributed by atoms with Crippen LogP contribution in [0.25, 0.3) is 0 Å². The zero-order valence-corrected chi connectivity index (χ0v) is 10.0. The Morgan fingerprint density at radius 3 is 2.67 bits per heavy atom. The van der Waals surface area contributed by atoms with Crippen molar-refractivity contribution in [1.29, 1.82) is 0 Å². The van der Waals surface area contributed by atoms with Crippen LogP contribution in [-0.4, -0.2) is 23.4 Å². The summed E-state index contributed by atoms with van der Waals surface area (Å²) in [5.74, 6) is 0.738. The summed E-state index contributed by atoms with van der Waals surface area (Å²) < 4.78 is 0. The minimum Gasteiger partial charge on any atom is -0.295 e. The maximum absolute atomic E-state index is 5.83. The van der Waals surface area contributed by atoms with Crippen molar-refractivity contribution in [2.45, 2.75) is 32.4 Å². The first-order chi connectivity index (χ1) is 7.31. The number of halogens is 1. The van der Waals surface area contributed by atoms with E-state index in [4.69, 9.17) is 11.6 Å². The lowest BCUT2D eigenvalue weighted by Gasteiger charge is -2.21. The standard InChI is InChI=1S/C13H18ClN/c1-11-4-2-3-5-12(11)10-15(9-8-14)13-6-7-13/h2-5,13H,6-10H2,1H3. The molecule has 0 N–H and O–H groups in total. The second-order valence-corrected chi connectivity index (χ2v) is 4.70. The predicted octanol–water partition coefficient (Wildman–Crippen LogP) is 3.20. The van der Waals surface area contributed by atoms with Crippen molar-refractivity contribution in [2.75, 3.05) is 12.4 Å². The smallest absolute Gasteiger partial charge is 0.0351 e. The van der Waals surface area contributed by atoms with E-state index in [1.807, 2.05) is 0 Å². The average molecular weight is 224 g/mol. The van der Waals surface area contributed by atoms with Gasteiger partial charge in [0, 0.05) is 25.0 Å². The molecule has 15 heavy (non-hydrogen) atoms. The van der Waals surface area contributed by atoms with Gasteiger partial charge >= 0.3 is 0 Å². The van der Waals surface area contributed by atoms with E-state index in [9.17, 15) is 0 Å². The van der Waals surface area contributed by atoms with Gasteiger partial charge in [0.15, 0.2) is 0 Å². The van der Waals surface area contributed by atoms with Crippen LogP contribution in [0.3, 0.4) is 0 Å². The topological polar surface area (TPSA) is 3.24 Å². The Labute approximate surface area is 97.0 Å². The van der Waals surface area contributed by atoms with Gasteiger partial charge in [-0.25, -0.2) is 0 Å². The van der Waals surface area contributed by atoms with Gasteiger partial charge in [-0.2, -0.15) is 0 Å². The summed E-state index contributed by atoms with van der Waals surface area (Å²) in [5.41, 5.74) is 2.83. The van der Waals surface area contributed by atoms with E-state index in [0.29, 0.717) is 0 Å². The Balaban J connectivity index is 2.02. The minimum absolute atomic E-state index is 0.738. The summed E-state index contributed by atoms with van der Waals surface area (Å²) >= 11 is 5.83. The monoisotopic (exact) mass is 223 g/mol. The van der Waals surface area contributed by atoms with Crippen molar-refractivity contribution in [1.82, 2.24) is 4.90 Å². The number of hydrogen-bond donors (Lipinski definition) is 0. The molecule has 1 aliphatic carbocycles. The third-order valence-corrected chi connectivity index (χ3v) is 3.24. The molecule has 2 rings (SSSR count). The normalized spacial score (nSPS) is 15.9. The maximum atomic E-state index is 5.83. The van der Waals surface area contributed by atoms with E-state index in [1.165, 1.54) is 24.0 Å². The first-order valence-corrected chi connectivity index (χ1v) is 6.19. The van der Waals surface area contributed by atoms with Crippen LogP contribution in [-0.2, 0) is 6.54 Å². The lowest BCUT2D eigenvalue weighted by Crippen LogP contribution is -2.27. The van der Waals surface area contributed by atoms with Gasteiger partial charge < -0.3 is 0 Å². The third-order valence-electron chi connectivity index (χ3n) is 3.07. The first-order valence-electron chi connectivity index (χ1n) is 5.66. The zero-order chi connectivity index (χ0) is 10.7. The van der Waals surface area contributed by atoms with Crippen LogP contribution in [0.5, 0.6) is 0 Å². The Kier molecular flexibility index (Phi) is 3.66. The molecule has 82 valence electrons. The van der Waals surface area contributed by atoms with Crippen LogP contribution in [0, 0.1) is 6.92 Å². The van der Waals surface area contributed by atoms with Gasteiger partial charge in [0.25, 0.3) is 0 Å². The fourth-order valence-corrected chi connectivity index (χ4v) is 2.16. The Morgan fingerprint density at radius 2 is 2.07 bits per heavy atom. The molecular weight excluding hydrogens is 206 g/mol. The Hall–Kier alpha value is -0.530. The Bertz CT molecular complexity index is 320. The van der Waals surface area contributed by atoms with Gasteiger partial charge in [0.1, 0.15) is 0 Å². The van der Waals surface area contributed by atoms with Crippen molar-refractivity contribution in [3.8, 4) is 0 Å². The predicted molar refractivity (Wildman–Crippen MR) is 65.3 cm³/mol. The SMILES string of the molecule is Cc1ccccc1CN(CCCl)C1CC1. The van der Waals surface area contributed by atoms with Gasteiger partial charge in [-0.05, 0) is 30.9 Å². The molecule has 0 heterocycles. The molecule has 0 amide bonds. The van der Waals surface area contributed by atoms with E-state index in [-0.39, 0.29) is 0 Å². The summed E-state index contributed by atoms with van der Waals surface area (Å²) in [6, 6.07) is 9.42. The number of alkyl halides is 1. The quantitative estimate of drug-likeness (QED) is 0.693. The number of rotatable bonds is 5. The molecule has 0 saturated heterocycles. The molecule has 1 nitrogen and oxygen atoms in total. The second-order valence-electron chi connectivity index (χ2n) is 4.32. The summed E-state index contributed by atoms with van der Waals surface area (Å²) in [4.78, 5) is 2.51. The Morgan fingerprint density at radius 1 is 1.33 bits per heavy atom. The van der Waals surface area contributed by atoms with E-state index in [0.717, 1.165) is 25.0 Å². The number of hydrogen-bond acceptors (Lipinski definition) is 1. The number of benzene rings is 1. The molecule has 0 atom stereocenters. The van der Waals surface area contributed by atoms with Crippen molar-refractivity contribution in [2.24, 2.45) is 0 Å². The van der Waals surface area contributed by atoms with Gasteiger partial charge in [0.2, 0.25) is 0 Å². The van der Waals surface area contributed by atoms with E-state index < -0.39 is 0 Å². The molecule has 0 aromatic heterocycles. The molecule has 0 unspecified atom stereocenters. The van der Waals surface area contributed by atoms with Crippen molar-refractivity contribution < 1.29 is 0 Å². The fourth-order valence-electron chi connectivity index (χ4n) is 1.95. The van der Waals surface area contributed by atoms with Crippen molar-refractivity contribution >= 4 is 11.6 Å². The highest BCUT2D eigenvalue weighted by atomic mass is 35.5. The molecule has 0 radical (unpaired) electrons. The molecule has 0 aliphatic heterocycles. The molecule has 0 spiro atoms. The highest BCUT2D eigenvalue weighted by molar-refractivity contribution is 6.18. The summed E-state index contributed by atoms with van der Waals surface area (Å²) in [6.45, 7) is 4.26. The lowest BCUT2D eigenvalue weighted by molar-refractivity contribution is 0.270. The summed E-state index contributed by atoms with van der Waals surface area (Å²) in [6.07, 6.45) is 2.70. The molecule has 1 aromatic rings. The molecule has 1 aliphatic rings. The lowest BCUT2D eigenvalue weighted by atomic mass is 10.1. The maximum Gasteiger partial charge on any atom is 0.0351 e. The molecular formula is C13H18ClN. The van der Waals surface area contributed by atoms with E-state index in [1.54, 1.807) is 0 Å². The van der Waals surface area contributed by atoms with Gasteiger partial charge in [0.05, 0.1) is 0 Å². The van der Waals surface area contributed by atoms with Crippen LogP contribution in [0.4, 0.5) is 0 Å². The van der Waals surface area contributed by atoms with Crippen LogP contribution < -0.4 is 0 Å². The minimum atomic E-state index is 0.738. The third kappa shape index (κ3) is 2.96. The van der Waals surface area contributed by atoms with Crippen molar-refractivity contribution in [3.63, 3.8) is 0 Å². The highest BCUT2D eigenvalue weighted by Crippen LogP contribution is 2.28. The van der Waals surface area contributed by atoms with Crippen LogP contribution >= 0.6 is 11.6 Å². The molecule has 2 heteroatoms. The molecule has 1 fully saturated rings. The van der Waals surface area contributed by atoms with Crippen LogP contribution in [0.1, 0.15) is 24.0 Å². The first kappa shape index (κ1) is 11.0. The number of aryl methyl sites for hydroxylation is 1. The fraction of sp³-hybridized carbons (Fsp3) is 0.538. The molecule has 0 bridgehead atoms. The highest BCUT2D eigenvalue weighted by Gasteiger charge is 2.28. The van der Waals surface area contributed by atoms with Gasteiger partial charge in [-0.3, -0.25) is 4.90 Å². The van der Waals surface area contributed by atoms with Gasteiger partial charge in [-0.1, -0.05) is 24.3 Å². The largest absolute Gasteiger partial charge is 0.295 e. The van der Waals surface area contributed by atoms with Crippen LogP contribution in [0.2, 0.25) is 0 Å². The number of nitrogens with zero attached hydrogens (tertiary/aromatic N) is 1. The van der Waals surface area contributed by atoms with Gasteiger partial charge in [-0.15, -0.1) is 11.6 Å². The average Bonchev–Trinajstić information content (AvgIpc) is 3.04. The summed E-state index contributed by atoms with van der Waals surface area (Å²) in [5, 5.41) is 0. The van der Waals surface area contributed by atoms with E-state index >= 15 is 0 Å². The summed E-state index contributed by atoms with van der Waals surface area (Å²) in [7, 11) is 0.